The van der Waals surface area contributed by atoms with E-state index in [1.807, 2.05) is 24.3 Å². The molecule has 3 rings (SSSR count). The van der Waals surface area contributed by atoms with Gasteiger partial charge in [0.2, 0.25) is 0 Å². The standard InChI is InChI=1S/C22H22ClFN2OS/c1-22(2)11-18(25-13-14-3-5-15(23)6-4-14)20(19(27)12-22)21(28)26-17-9-7-16(24)8-10-17/h3-10,20H,11-13H2,1-2H3,(H,26,28). The summed E-state index contributed by atoms with van der Waals surface area (Å²) in [6.45, 7) is 4.59. The summed E-state index contributed by atoms with van der Waals surface area (Å²) in [5.74, 6) is -0.816. The van der Waals surface area contributed by atoms with Crippen LogP contribution in [0.3, 0.4) is 0 Å². The number of ketones is 1. The van der Waals surface area contributed by atoms with E-state index in [2.05, 4.69) is 19.2 Å². The minimum Gasteiger partial charge on any atom is -0.349 e. The summed E-state index contributed by atoms with van der Waals surface area (Å²) in [4.78, 5) is 18.0. The van der Waals surface area contributed by atoms with E-state index in [1.165, 1.54) is 12.1 Å². The molecule has 0 heterocycles. The number of anilines is 1. The van der Waals surface area contributed by atoms with Gasteiger partial charge >= 0.3 is 0 Å². The monoisotopic (exact) mass is 416 g/mol. The van der Waals surface area contributed by atoms with Gasteiger partial charge in [0.15, 0.2) is 0 Å². The number of nitrogens with one attached hydrogen (secondary N) is 1. The lowest BCUT2D eigenvalue weighted by molar-refractivity contribution is -0.122. The van der Waals surface area contributed by atoms with Crippen molar-refractivity contribution in [1.29, 1.82) is 0 Å². The van der Waals surface area contributed by atoms with Crippen molar-refractivity contribution in [2.24, 2.45) is 16.3 Å². The van der Waals surface area contributed by atoms with E-state index in [0.717, 1.165) is 11.3 Å². The molecule has 2 aromatic carbocycles. The topological polar surface area (TPSA) is 41.5 Å². The van der Waals surface area contributed by atoms with Gasteiger partial charge in [0, 0.05) is 22.8 Å². The molecule has 6 heteroatoms. The van der Waals surface area contributed by atoms with Crippen molar-refractivity contribution in [1.82, 2.24) is 0 Å². The van der Waals surface area contributed by atoms with Gasteiger partial charge in [-0.1, -0.05) is 49.8 Å². The minimum absolute atomic E-state index is 0.0608. The summed E-state index contributed by atoms with van der Waals surface area (Å²) in [5, 5.41) is 3.75. The average Bonchev–Trinajstić information content (AvgIpc) is 2.62. The van der Waals surface area contributed by atoms with E-state index in [0.29, 0.717) is 35.1 Å². The summed E-state index contributed by atoms with van der Waals surface area (Å²) >= 11 is 11.5. The van der Waals surface area contributed by atoms with Crippen LogP contribution in [-0.4, -0.2) is 16.5 Å². The highest BCUT2D eigenvalue weighted by Crippen LogP contribution is 2.35. The van der Waals surface area contributed by atoms with Crippen LogP contribution in [0.4, 0.5) is 10.1 Å². The van der Waals surface area contributed by atoms with Crippen molar-refractivity contribution in [2.75, 3.05) is 5.32 Å². The molecule has 1 saturated carbocycles. The number of hydrogen-bond donors (Lipinski definition) is 1. The van der Waals surface area contributed by atoms with Gasteiger partial charge in [-0.15, -0.1) is 0 Å². The molecule has 1 atom stereocenters. The van der Waals surface area contributed by atoms with Crippen LogP contribution < -0.4 is 5.32 Å². The highest BCUT2D eigenvalue weighted by Gasteiger charge is 2.40. The maximum absolute atomic E-state index is 13.1. The number of Topliss-reactive ketones (excluding diaryl/α,β-unsaturated/α-hetero) is 1. The van der Waals surface area contributed by atoms with Gasteiger partial charge in [0.1, 0.15) is 17.5 Å². The summed E-state index contributed by atoms with van der Waals surface area (Å²) in [6, 6.07) is 13.4. The van der Waals surface area contributed by atoms with Crippen LogP contribution in [0.5, 0.6) is 0 Å². The van der Waals surface area contributed by atoms with Crippen molar-refractivity contribution in [2.45, 2.75) is 33.2 Å². The number of benzene rings is 2. The van der Waals surface area contributed by atoms with Crippen LogP contribution in [0.2, 0.25) is 5.02 Å². The molecule has 1 fully saturated rings. The second kappa shape index (κ2) is 8.50. The second-order valence-electron chi connectivity index (χ2n) is 7.85. The van der Waals surface area contributed by atoms with E-state index in [-0.39, 0.29) is 17.0 Å². The Bertz CT molecular complexity index is 907. The zero-order valence-electron chi connectivity index (χ0n) is 15.8. The zero-order chi connectivity index (χ0) is 20.3. The van der Waals surface area contributed by atoms with Gasteiger partial charge in [-0.25, -0.2) is 4.39 Å². The lowest BCUT2D eigenvalue weighted by atomic mass is 9.71. The summed E-state index contributed by atoms with van der Waals surface area (Å²) in [6.07, 6.45) is 1.14. The molecular formula is C22H22ClFN2OS. The molecule has 3 nitrogen and oxygen atoms in total. The van der Waals surface area contributed by atoms with E-state index in [1.54, 1.807) is 12.1 Å². The molecule has 0 radical (unpaired) electrons. The first kappa shape index (κ1) is 20.6. The second-order valence-corrected chi connectivity index (χ2v) is 8.72. The highest BCUT2D eigenvalue weighted by atomic mass is 35.5. The van der Waals surface area contributed by atoms with Crippen molar-refractivity contribution in [3.63, 3.8) is 0 Å². The number of hydrogen-bond acceptors (Lipinski definition) is 3. The van der Waals surface area contributed by atoms with E-state index >= 15 is 0 Å². The molecule has 0 amide bonds. The quantitative estimate of drug-likeness (QED) is 0.634. The summed E-state index contributed by atoms with van der Waals surface area (Å²) in [5.41, 5.74) is 2.30. The maximum Gasteiger partial charge on any atom is 0.148 e. The third kappa shape index (κ3) is 5.24. The predicted octanol–water partition coefficient (Wildman–Crippen LogP) is 5.86. The Labute approximate surface area is 175 Å². The Kier molecular flexibility index (Phi) is 6.26. The number of nitrogens with zero attached hydrogens (tertiary/aromatic N) is 1. The molecule has 146 valence electrons. The number of halogens is 2. The van der Waals surface area contributed by atoms with Crippen molar-refractivity contribution in [3.05, 3.63) is 64.9 Å². The minimum atomic E-state index is -0.555. The van der Waals surface area contributed by atoms with E-state index < -0.39 is 5.92 Å². The largest absolute Gasteiger partial charge is 0.349 e. The fraction of sp³-hybridized carbons (Fsp3) is 0.318. The Balaban J connectivity index is 1.83. The van der Waals surface area contributed by atoms with Gasteiger partial charge in [-0.3, -0.25) is 9.79 Å². The van der Waals surface area contributed by atoms with E-state index in [4.69, 9.17) is 28.8 Å². The molecule has 0 aliphatic heterocycles. The number of carbonyl (C=O) groups excluding carboxylic acids is 1. The average molecular weight is 417 g/mol. The van der Waals surface area contributed by atoms with Gasteiger partial charge in [0.05, 0.1) is 11.5 Å². The SMILES string of the molecule is CC1(C)CC(=O)C(C(=S)Nc2ccc(F)cc2)C(=NCc2ccc(Cl)cc2)C1. The Morgan fingerprint density at radius 3 is 2.46 bits per heavy atom. The molecule has 1 aliphatic rings. The molecule has 0 spiro atoms. The van der Waals surface area contributed by atoms with Crippen molar-refractivity contribution in [3.8, 4) is 0 Å². The van der Waals surface area contributed by atoms with Crippen LogP contribution in [-0.2, 0) is 11.3 Å². The van der Waals surface area contributed by atoms with Gasteiger partial charge in [-0.2, -0.15) is 0 Å². The molecule has 1 unspecified atom stereocenters. The van der Waals surface area contributed by atoms with Crippen molar-refractivity contribution >= 4 is 46.0 Å². The van der Waals surface area contributed by atoms with Gasteiger partial charge < -0.3 is 5.32 Å². The van der Waals surface area contributed by atoms with Crippen LogP contribution >= 0.6 is 23.8 Å². The molecular weight excluding hydrogens is 395 g/mol. The Hall–Kier alpha value is -2.11. The number of carbonyl (C=O) groups is 1. The van der Waals surface area contributed by atoms with Crippen LogP contribution in [0.25, 0.3) is 0 Å². The molecule has 28 heavy (non-hydrogen) atoms. The van der Waals surface area contributed by atoms with Crippen molar-refractivity contribution < 1.29 is 9.18 Å². The molecule has 0 bridgehead atoms. The number of thiocarbonyl (C=S) groups is 1. The fourth-order valence-corrected chi connectivity index (χ4v) is 3.90. The molecule has 0 saturated heterocycles. The first-order valence-electron chi connectivity index (χ1n) is 9.10. The van der Waals surface area contributed by atoms with Crippen LogP contribution in [0.1, 0.15) is 32.3 Å². The molecule has 1 N–H and O–H groups in total. The summed E-state index contributed by atoms with van der Waals surface area (Å²) in [7, 11) is 0. The lowest BCUT2D eigenvalue weighted by Gasteiger charge is -2.35. The predicted molar refractivity (Wildman–Crippen MR) is 117 cm³/mol. The zero-order valence-corrected chi connectivity index (χ0v) is 17.4. The Morgan fingerprint density at radius 1 is 1.18 bits per heavy atom. The number of aliphatic imine (C=N–C) groups is 1. The highest BCUT2D eigenvalue weighted by molar-refractivity contribution is 7.80. The van der Waals surface area contributed by atoms with Gasteiger partial charge in [-0.05, 0) is 53.8 Å². The smallest absolute Gasteiger partial charge is 0.148 e. The maximum atomic E-state index is 13.1. The fourth-order valence-electron chi connectivity index (χ4n) is 3.39. The van der Waals surface area contributed by atoms with Crippen LogP contribution in [0, 0.1) is 17.2 Å². The molecule has 0 aromatic heterocycles. The molecule has 1 aliphatic carbocycles. The normalized spacial score (nSPS) is 20.2. The first-order chi connectivity index (χ1) is 13.2. The van der Waals surface area contributed by atoms with Gasteiger partial charge in [0.25, 0.3) is 0 Å². The lowest BCUT2D eigenvalue weighted by Crippen LogP contribution is -2.43. The van der Waals surface area contributed by atoms with Crippen LogP contribution in [0.15, 0.2) is 53.5 Å². The summed E-state index contributed by atoms with van der Waals surface area (Å²) < 4.78 is 13.1. The van der Waals surface area contributed by atoms with E-state index in [9.17, 15) is 9.18 Å². The molecule has 2 aromatic rings. The Morgan fingerprint density at radius 2 is 1.82 bits per heavy atom. The third-order valence-electron chi connectivity index (χ3n) is 4.72. The first-order valence-corrected chi connectivity index (χ1v) is 9.89. The number of rotatable bonds is 4. The third-order valence-corrected chi connectivity index (χ3v) is 5.31.